The molecule has 1 spiro atoms. The first-order valence-corrected chi connectivity index (χ1v) is 6.00. The van der Waals surface area contributed by atoms with Crippen molar-refractivity contribution in [1.29, 1.82) is 0 Å². The van der Waals surface area contributed by atoms with Gasteiger partial charge >= 0.3 is 0 Å². The molecule has 0 amide bonds. The minimum Gasteiger partial charge on any atom is -0.308 e. The van der Waals surface area contributed by atoms with Gasteiger partial charge in [-0.1, -0.05) is 33.1 Å². The lowest BCUT2D eigenvalue weighted by Crippen LogP contribution is -2.45. The van der Waals surface area contributed by atoms with Gasteiger partial charge in [-0.3, -0.25) is 0 Å². The third kappa shape index (κ3) is 1.90. The average molecular weight is 181 g/mol. The van der Waals surface area contributed by atoms with E-state index in [1.807, 2.05) is 0 Å². The van der Waals surface area contributed by atoms with Gasteiger partial charge in [0.15, 0.2) is 0 Å². The van der Waals surface area contributed by atoms with Crippen molar-refractivity contribution >= 4 is 0 Å². The van der Waals surface area contributed by atoms with E-state index in [1.54, 1.807) is 0 Å². The summed E-state index contributed by atoms with van der Waals surface area (Å²) in [5.41, 5.74) is 0.577. The quantitative estimate of drug-likeness (QED) is 0.655. The van der Waals surface area contributed by atoms with Gasteiger partial charge < -0.3 is 5.32 Å². The second-order valence-corrected chi connectivity index (χ2v) is 5.37. The average Bonchev–Trinajstić information content (AvgIpc) is 2.51. The molecule has 1 atom stereocenters. The molecule has 1 heterocycles. The first-order chi connectivity index (χ1) is 6.22. The van der Waals surface area contributed by atoms with Crippen LogP contribution in [0.5, 0.6) is 0 Å². The second-order valence-electron chi connectivity index (χ2n) is 5.37. The van der Waals surface area contributed by atoms with Crippen molar-refractivity contribution in [2.24, 2.45) is 5.92 Å². The van der Waals surface area contributed by atoms with Crippen molar-refractivity contribution in [3.05, 3.63) is 0 Å². The number of nitrogens with one attached hydrogen (secondary N) is 1. The molecule has 1 aliphatic carbocycles. The van der Waals surface area contributed by atoms with E-state index in [9.17, 15) is 0 Å². The van der Waals surface area contributed by atoms with Crippen LogP contribution in [0.25, 0.3) is 0 Å². The predicted octanol–water partition coefficient (Wildman–Crippen LogP) is 3.10. The van der Waals surface area contributed by atoms with Crippen LogP contribution in [-0.4, -0.2) is 11.6 Å². The van der Waals surface area contributed by atoms with Crippen LogP contribution in [0.1, 0.15) is 58.8 Å². The SMILES string of the molecule is CC(C)C1CCC2(CCCCC2)N1. The molecular formula is C12H23N. The Labute approximate surface area is 82.3 Å². The summed E-state index contributed by atoms with van der Waals surface area (Å²) in [7, 11) is 0. The molecule has 13 heavy (non-hydrogen) atoms. The molecule has 1 unspecified atom stereocenters. The predicted molar refractivity (Wildman–Crippen MR) is 56.8 cm³/mol. The van der Waals surface area contributed by atoms with Gasteiger partial charge in [-0.2, -0.15) is 0 Å². The second kappa shape index (κ2) is 3.61. The first kappa shape index (κ1) is 9.51. The van der Waals surface area contributed by atoms with Gasteiger partial charge in [-0.25, -0.2) is 0 Å². The van der Waals surface area contributed by atoms with Gasteiger partial charge in [0.25, 0.3) is 0 Å². The van der Waals surface area contributed by atoms with E-state index in [1.165, 1.54) is 44.9 Å². The minimum absolute atomic E-state index is 0.577. The van der Waals surface area contributed by atoms with Crippen molar-refractivity contribution in [1.82, 2.24) is 5.32 Å². The lowest BCUT2D eigenvalue weighted by atomic mass is 9.81. The number of hydrogen-bond acceptors (Lipinski definition) is 1. The fourth-order valence-electron chi connectivity index (χ4n) is 3.09. The van der Waals surface area contributed by atoms with Crippen LogP contribution in [-0.2, 0) is 0 Å². The van der Waals surface area contributed by atoms with Gasteiger partial charge in [-0.15, -0.1) is 0 Å². The lowest BCUT2D eigenvalue weighted by Gasteiger charge is -2.35. The molecule has 1 saturated heterocycles. The smallest absolute Gasteiger partial charge is 0.0184 e. The van der Waals surface area contributed by atoms with Gasteiger partial charge in [0, 0.05) is 11.6 Å². The largest absolute Gasteiger partial charge is 0.308 e. The highest BCUT2D eigenvalue weighted by Crippen LogP contribution is 2.38. The molecule has 0 radical (unpaired) electrons. The maximum Gasteiger partial charge on any atom is 0.0184 e. The third-order valence-electron chi connectivity index (χ3n) is 4.04. The van der Waals surface area contributed by atoms with E-state index in [4.69, 9.17) is 0 Å². The maximum atomic E-state index is 3.91. The van der Waals surface area contributed by atoms with Crippen molar-refractivity contribution in [2.75, 3.05) is 0 Å². The van der Waals surface area contributed by atoms with E-state index in [-0.39, 0.29) is 0 Å². The van der Waals surface area contributed by atoms with E-state index in [2.05, 4.69) is 19.2 Å². The van der Waals surface area contributed by atoms with Crippen molar-refractivity contribution in [3.63, 3.8) is 0 Å². The Bertz CT molecular complexity index is 168. The monoisotopic (exact) mass is 181 g/mol. The summed E-state index contributed by atoms with van der Waals surface area (Å²) in [4.78, 5) is 0. The summed E-state index contributed by atoms with van der Waals surface area (Å²) < 4.78 is 0. The highest BCUT2D eigenvalue weighted by atomic mass is 15.0. The van der Waals surface area contributed by atoms with Gasteiger partial charge in [-0.05, 0) is 31.6 Å². The first-order valence-electron chi connectivity index (χ1n) is 6.00. The molecule has 1 aliphatic heterocycles. The molecule has 0 bridgehead atoms. The van der Waals surface area contributed by atoms with Crippen LogP contribution in [0.3, 0.4) is 0 Å². The number of rotatable bonds is 1. The Morgan fingerprint density at radius 1 is 1.08 bits per heavy atom. The molecule has 2 fully saturated rings. The van der Waals surface area contributed by atoms with Gasteiger partial charge in [0.2, 0.25) is 0 Å². The molecule has 1 N–H and O–H groups in total. The summed E-state index contributed by atoms with van der Waals surface area (Å²) in [5, 5.41) is 3.91. The highest BCUT2D eigenvalue weighted by molar-refractivity contribution is 4.99. The lowest BCUT2D eigenvalue weighted by molar-refractivity contribution is 0.244. The van der Waals surface area contributed by atoms with Crippen LogP contribution in [0.2, 0.25) is 0 Å². The van der Waals surface area contributed by atoms with Crippen LogP contribution in [0.15, 0.2) is 0 Å². The summed E-state index contributed by atoms with van der Waals surface area (Å²) in [6.45, 7) is 4.69. The van der Waals surface area contributed by atoms with Crippen molar-refractivity contribution in [2.45, 2.75) is 70.4 Å². The Balaban J connectivity index is 1.94. The zero-order valence-electron chi connectivity index (χ0n) is 9.10. The molecule has 0 aromatic heterocycles. The zero-order valence-corrected chi connectivity index (χ0v) is 9.10. The van der Waals surface area contributed by atoms with Crippen molar-refractivity contribution in [3.8, 4) is 0 Å². The highest BCUT2D eigenvalue weighted by Gasteiger charge is 2.39. The normalized spacial score (nSPS) is 33.0. The molecule has 2 aliphatic rings. The summed E-state index contributed by atoms with van der Waals surface area (Å²) in [6, 6.07) is 0.804. The summed E-state index contributed by atoms with van der Waals surface area (Å²) in [5.74, 6) is 0.821. The Morgan fingerprint density at radius 3 is 2.31 bits per heavy atom. The fourth-order valence-corrected chi connectivity index (χ4v) is 3.09. The van der Waals surface area contributed by atoms with E-state index in [0.717, 1.165) is 12.0 Å². The summed E-state index contributed by atoms with van der Waals surface area (Å²) in [6.07, 6.45) is 10.1. The molecule has 0 aromatic carbocycles. The van der Waals surface area contributed by atoms with Crippen LogP contribution in [0, 0.1) is 5.92 Å². The third-order valence-corrected chi connectivity index (χ3v) is 4.04. The molecule has 76 valence electrons. The van der Waals surface area contributed by atoms with E-state index >= 15 is 0 Å². The molecule has 0 aromatic rings. The van der Waals surface area contributed by atoms with Gasteiger partial charge in [0.1, 0.15) is 0 Å². The Kier molecular flexibility index (Phi) is 2.64. The van der Waals surface area contributed by atoms with Crippen LogP contribution >= 0.6 is 0 Å². The topological polar surface area (TPSA) is 12.0 Å². The van der Waals surface area contributed by atoms with E-state index in [0.29, 0.717) is 5.54 Å². The zero-order chi connectivity index (χ0) is 9.31. The number of hydrogen-bond donors (Lipinski definition) is 1. The molecule has 2 rings (SSSR count). The van der Waals surface area contributed by atoms with Gasteiger partial charge in [0.05, 0.1) is 0 Å². The van der Waals surface area contributed by atoms with Crippen LogP contribution in [0.4, 0.5) is 0 Å². The Morgan fingerprint density at radius 2 is 1.77 bits per heavy atom. The standard InChI is InChI=1S/C12H23N/c1-10(2)11-6-9-12(13-11)7-4-3-5-8-12/h10-11,13H,3-9H2,1-2H3. The molecule has 1 saturated carbocycles. The fraction of sp³-hybridized carbons (Fsp3) is 1.00. The minimum atomic E-state index is 0.577. The van der Waals surface area contributed by atoms with Crippen molar-refractivity contribution < 1.29 is 0 Å². The molecular weight excluding hydrogens is 158 g/mol. The molecule has 1 nitrogen and oxygen atoms in total. The van der Waals surface area contributed by atoms with E-state index < -0.39 is 0 Å². The molecule has 1 heteroatoms. The Hall–Kier alpha value is -0.0400. The summed E-state index contributed by atoms with van der Waals surface area (Å²) >= 11 is 0. The maximum absolute atomic E-state index is 3.91. The van der Waals surface area contributed by atoms with Crippen LogP contribution < -0.4 is 5.32 Å².